The Labute approximate surface area is 194 Å². The van der Waals surface area contributed by atoms with Gasteiger partial charge in [0.15, 0.2) is 5.78 Å². The summed E-state index contributed by atoms with van der Waals surface area (Å²) < 4.78 is 1.55. The number of nitrogens with one attached hydrogen (secondary N) is 1. The number of pyridine rings is 1. The Bertz CT molecular complexity index is 1110. The van der Waals surface area contributed by atoms with Crippen molar-refractivity contribution >= 4 is 28.5 Å². The fraction of sp³-hybridized carbons (Fsp3) is 0.640. The molecule has 4 atom stereocenters. The van der Waals surface area contributed by atoms with Gasteiger partial charge in [0.1, 0.15) is 18.3 Å². The smallest absolute Gasteiger partial charge is 0.245 e. The molecule has 8 nitrogen and oxygen atoms in total. The van der Waals surface area contributed by atoms with Crippen LogP contribution in [0.1, 0.15) is 69.8 Å². The summed E-state index contributed by atoms with van der Waals surface area (Å²) >= 11 is 0. The number of Topliss-reactive ketones (excluding diaryl/α,β-unsaturated/α-hetero) is 1. The number of aromatic nitrogens is 3. The quantitative estimate of drug-likeness (QED) is 0.681. The van der Waals surface area contributed by atoms with Crippen molar-refractivity contribution in [2.24, 2.45) is 17.3 Å². The molecule has 2 saturated carbocycles. The third-order valence-electron chi connectivity index (χ3n) is 7.74. The molecule has 1 aliphatic heterocycles. The molecule has 33 heavy (non-hydrogen) atoms. The zero-order valence-electron chi connectivity index (χ0n) is 19.7. The van der Waals surface area contributed by atoms with Crippen LogP contribution in [0.25, 0.3) is 10.9 Å². The largest absolute Gasteiger partial charge is 0.354 e. The molecule has 2 amide bonds. The molecule has 0 aromatic carbocycles. The maximum absolute atomic E-state index is 13.4. The summed E-state index contributed by atoms with van der Waals surface area (Å²) in [5.74, 6) is 0.620. The molecule has 3 aliphatic rings. The van der Waals surface area contributed by atoms with Crippen molar-refractivity contribution in [3.63, 3.8) is 0 Å². The van der Waals surface area contributed by atoms with Crippen LogP contribution in [0.4, 0.5) is 0 Å². The van der Waals surface area contributed by atoms with E-state index in [0.29, 0.717) is 40.4 Å². The summed E-state index contributed by atoms with van der Waals surface area (Å²) in [5.41, 5.74) is 1.34. The van der Waals surface area contributed by atoms with E-state index >= 15 is 0 Å². The minimum absolute atomic E-state index is 0.000707. The van der Waals surface area contributed by atoms with Crippen molar-refractivity contribution in [3.05, 3.63) is 24.2 Å². The van der Waals surface area contributed by atoms with Gasteiger partial charge in [-0.1, -0.05) is 20.3 Å². The molecule has 5 rings (SSSR count). The molecule has 0 radical (unpaired) electrons. The van der Waals surface area contributed by atoms with E-state index in [9.17, 15) is 14.4 Å². The lowest BCUT2D eigenvalue weighted by molar-refractivity contribution is -0.140. The summed E-state index contributed by atoms with van der Waals surface area (Å²) in [5, 5.41) is 8.25. The van der Waals surface area contributed by atoms with Crippen LogP contribution in [0.2, 0.25) is 0 Å². The molecular formula is C25H33N5O3. The number of carbonyl (C=O) groups is 3. The van der Waals surface area contributed by atoms with E-state index < -0.39 is 6.04 Å². The average molecular weight is 452 g/mol. The van der Waals surface area contributed by atoms with Gasteiger partial charge in [0, 0.05) is 31.1 Å². The number of fused-ring (bicyclic) bond motifs is 2. The Morgan fingerprint density at radius 3 is 2.82 bits per heavy atom. The Morgan fingerprint density at radius 1 is 1.24 bits per heavy atom. The Morgan fingerprint density at radius 2 is 2.06 bits per heavy atom. The highest BCUT2D eigenvalue weighted by Crippen LogP contribution is 2.48. The molecular weight excluding hydrogens is 418 g/mol. The van der Waals surface area contributed by atoms with E-state index in [4.69, 9.17) is 0 Å². The van der Waals surface area contributed by atoms with Gasteiger partial charge in [-0.15, -0.1) is 0 Å². The first-order valence-electron chi connectivity index (χ1n) is 12.1. The topological polar surface area (TPSA) is 97.2 Å². The van der Waals surface area contributed by atoms with Crippen LogP contribution < -0.4 is 5.32 Å². The van der Waals surface area contributed by atoms with Gasteiger partial charge in [0.25, 0.3) is 0 Å². The van der Waals surface area contributed by atoms with E-state index in [2.05, 4.69) is 29.2 Å². The second kappa shape index (κ2) is 8.22. The molecule has 2 aliphatic carbocycles. The molecule has 3 fully saturated rings. The van der Waals surface area contributed by atoms with E-state index in [0.717, 1.165) is 25.7 Å². The van der Waals surface area contributed by atoms with Crippen LogP contribution in [0.3, 0.4) is 0 Å². The van der Waals surface area contributed by atoms with Crippen molar-refractivity contribution in [1.29, 1.82) is 0 Å². The van der Waals surface area contributed by atoms with Gasteiger partial charge < -0.3 is 10.2 Å². The maximum atomic E-state index is 13.4. The number of hydrogen-bond acceptors (Lipinski definition) is 5. The molecule has 2 aromatic heterocycles. The second-order valence-electron chi connectivity index (χ2n) is 10.9. The summed E-state index contributed by atoms with van der Waals surface area (Å²) in [4.78, 5) is 44.4. The van der Waals surface area contributed by atoms with Crippen molar-refractivity contribution in [2.45, 2.75) is 77.9 Å². The fourth-order valence-electron chi connectivity index (χ4n) is 6.05. The number of amides is 2. The lowest BCUT2D eigenvalue weighted by Crippen LogP contribution is -2.50. The standard InChI is InChI=1S/C25H33N5O3/c1-15(31)23-18-6-8-26-13-21(18)29(28-23)14-22(32)30-19-9-17(19)10-20(30)24(33)27-12-16-5-4-7-25(2,3)11-16/h6,8,13,16-17,19-20H,4-5,7,9-12,14H2,1-3H3,(H,27,33)/t16?,17-,19-,20-/m1/s1. The van der Waals surface area contributed by atoms with Crippen LogP contribution in [0.5, 0.6) is 0 Å². The summed E-state index contributed by atoms with van der Waals surface area (Å²) in [6, 6.07) is 1.48. The van der Waals surface area contributed by atoms with Crippen LogP contribution in [-0.4, -0.2) is 55.9 Å². The highest BCUT2D eigenvalue weighted by molar-refractivity contribution is 6.04. The monoisotopic (exact) mass is 451 g/mol. The number of nitrogens with zero attached hydrogens (tertiary/aromatic N) is 4. The fourth-order valence-corrected chi connectivity index (χ4v) is 6.05. The minimum Gasteiger partial charge on any atom is -0.354 e. The predicted molar refractivity (Wildman–Crippen MR) is 123 cm³/mol. The van der Waals surface area contributed by atoms with Crippen molar-refractivity contribution < 1.29 is 14.4 Å². The number of likely N-dealkylation sites (tertiary alicyclic amines) is 1. The number of rotatable bonds is 6. The first kappa shape index (κ1) is 22.0. The Balaban J connectivity index is 1.28. The van der Waals surface area contributed by atoms with Gasteiger partial charge in [0.05, 0.1) is 11.7 Å². The number of carbonyl (C=O) groups excluding carboxylic acids is 3. The molecule has 1 saturated heterocycles. The van der Waals surface area contributed by atoms with E-state index in [1.54, 1.807) is 28.0 Å². The summed E-state index contributed by atoms with van der Waals surface area (Å²) in [6.07, 6.45) is 9.68. The van der Waals surface area contributed by atoms with E-state index in [-0.39, 0.29) is 30.2 Å². The zero-order valence-corrected chi connectivity index (χ0v) is 19.7. The third kappa shape index (κ3) is 4.27. The second-order valence-corrected chi connectivity index (χ2v) is 10.9. The number of ketones is 1. The lowest BCUT2D eigenvalue weighted by Gasteiger charge is -2.35. The highest BCUT2D eigenvalue weighted by atomic mass is 16.2. The molecule has 176 valence electrons. The first-order valence-corrected chi connectivity index (χ1v) is 12.1. The van der Waals surface area contributed by atoms with Gasteiger partial charge in [0.2, 0.25) is 11.8 Å². The van der Waals surface area contributed by atoms with E-state index in [1.165, 1.54) is 19.8 Å². The first-order chi connectivity index (χ1) is 15.7. The molecule has 0 bridgehead atoms. The average Bonchev–Trinajstić information content (AvgIpc) is 3.27. The summed E-state index contributed by atoms with van der Waals surface area (Å²) in [6.45, 7) is 6.76. The SMILES string of the molecule is CC(=O)c1nn(CC(=O)N2[C@@H](C(=O)NCC3CCCC(C)(C)C3)C[C@H]3C[C@H]32)c2cnccc12. The highest BCUT2D eigenvalue weighted by Gasteiger charge is 2.56. The molecule has 8 heteroatoms. The van der Waals surface area contributed by atoms with Gasteiger partial charge in [-0.2, -0.15) is 5.10 Å². The van der Waals surface area contributed by atoms with Crippen LogP contribution in [-0.2, 0) is 16.1 Å². The lowest BCUT2D eigenvalue weighted by atomic mass is 9.72. The van der Waals surface area contributed by atoms with Crippen LogP contribution >= 0.6 is 0 Å². The molecule has 1 N–H and O–H groups in total. The van der Waals surface area contributed by atoms with E-state index in [1.807, 2.05) is 0 Å². The van der Waals surface area contributed by atoms with Crippen molar-refractivity contribution in [3.8, 4) is 0 Å². The summed E-state index contributed by atoms with van der Waals surface area (Å²) in [7, 11) is 0. The zero-order chi connectivity index (χ0) is 23.3. The third-order valence-corrected chi connectivity index (χ3v) is 7.74. The number of hydrogen-bond donors (Lipinski definition) is 1. The Hall–Kier alpha value is -2.77. The normalized spacial score (nSPS) is 27.9. The van der Waals surface area contributed by atoms with Gasteiger partial charge in [-0.25, -0.2) is 0 Å². The van der Waals surface area contributed by atoms with Gasteiger partial charge in [-0.05, 0) is 55.4 Å². The predicted octanol–water partition coefficient (Wildman–Crippen LogP) is 2.96. The van der Waals surface area contributed by atoms with Crippen LogP contribution in [0.15, 0.2) is 18.5 Å². The van der Waals surface area contributed by atoms with Gasteiger partial charge >= 0.3 is 0 Å². The maximum Gasteiger partial charge on any atom is 0.245 e. The van der Waals surface area contributed by atoms with Crippen molar-refractivity contribution in [2.75, 3.05) is 6.54 Å². The van der Waals surface area contributed by atoms with Crippen molar-refractivity contribution in [1.82, 2.24) is 25.0 Å². The number of piperidine rings is 1. The van der Waals surface area contributed by atoms with Gasteiger partial charge in [-0.3, -0.25) is 24.0 Å². The minimum atomic E-state index is -0.412. The Kier molecular flexibility index (Phi) is 5.49. The molecule has 3 heterocycles. The molecule has 1 unspecified atom stereocenters. The molecule has 2 aromatic rings. The molecule has 0 spiro atoms. The van der Waals surface area contributed by atoms with Crippen LogP contribution in [0, 0.1) is 17.3 Å².